The second-order valence-electron chi connectivity index (χ2n) is 7.42. The molecule has 5 rings (SSSR count). The van der Waals surface area contributed by atoms with E-state index in [1.165, 1.54) is 6.33 Å². The number of anilines is 5. The average molecular weight is 435 g/mol. The fourth-order valence-corrected chi connectivity index (χ4v) is 3.50. The van der Waals surface area contributed by atoms with E-state index < -0.39 is 0 Å². The lowest BCUT2D eigenvalue weighted by molar-refractivity contribution is -0.115. The van der Waals surface area contributed by atoms with Crippen LogP contribution < -0.4 is 16.0 Å². The van der Waals surface area contributed by atoms with Gasteiger partial charge in [0.1, 0.15) is 23.8 Å². The summed E-state index contributed by atoms with van der Waals surface area (Å²) < 4.78 is 0. The number of para-hydroxylation sites is 1. The van der Waals surface area contributed by atoms with Gasteiger partial charge < -0.3 is 20.9 Å². The number of aromatic nitrogens is 4. The van der Waals surface area contributed by atoms with Crippen molar-refractivity contribution in [3.63, 3.8) is 0 Å². The van der Waals surface area contributed by atoms with E-state index in [-0.39, 0.29) is 5.91 Å². The van der Waals surface area contributed by atoms with Crippen molar-refractivity contribution >= 4 is 45.6 Å². The molecule has 8 nitrogen and oxygen atoms in total. The van der Waals surface area contributed by atoms with Crippen molar-refractivity contribution in [3.8, 4) is 0 Å². The minimum Gasteiger partial charge on any atom is -0.361 e. The summed E-state index contributed by atoms with van der Waals surface area (Å²) in [5.74, 6) is 1.91. The van der Waals surface area contributed by atoms with Gasteiger partial charge in [0.05, 0.1) is 6.42 Å². The molecular formula is C25H21N7O. The Morgan fingerprint density at radius 1 is 0.788 bits per heavy atom. The third-order valence-corrected chi connectivity index (χ3v) is 5.06. The summed E-state index contributed by atoms with van der Waals surface area (Å²) in [6.07, 6.45) is 5.38. The number of pyridine rings is 1. The number of hydrogen-bond acceptors (Lipinski definition) is 6. The number of aromatic amines is 1. The SMILES string of the molecule is O=C(Cc1c[nH]c2ccccc12)Nc1ccc(Nc2cc(Nc3ccccn3)ncn2)cc1. The number of H-pyrrole nitrogens is 1. The van der Waals surface area contributed by atoms with E-state index in [1.54, 1.807) is 12.3 Å². The van der Waals surface area contributed by atoms with Crippen LogP contribution in [0.1, 0.15) is 5.56 Å². The lowest BCUT2D eigenvalue weighted by Crippen LogP contribution is -2.14. The van der Waals surface area contributed by atoms with Gasteiger partial charge in [-0.3, -0.25) is 4.79 Å². The van der Waals surface area contributed by atoms with Crippen LogP contribution in [-0.4, -0.2) is 25.8 Å². The van der Waals surface area contributed by atoms with Gasteiger partial charge in [-0.25, -0.2) is 15.0 Å². The Labute approximate surface area is 190 Å². The largest absolute Gasteiger partial charge is 0.361 e. The minimum atomic E-state index is -0.0681. The summed E-state index contributed by atoms with van der Waals surface area (Å²) in [5.41, 5.74) is 3.57. The summed E-state index contributed by atoms with van der Waals surface area (Å²) in [4.78, 5) is 28.4. The number of nitrogens with one attached hydrogen (secondary N) is 4. The van der Waals surface area contributed by atoms with E-state index in [2.05, 4.69) is 35.9 Å². The second-order valence-corrected chi connectivity index (χ2v) is 7.42. The highest BCUT2D eigenvalue weighted by molar-refractivity contribution is 5.95. The topological polar surface area (TPSA) is 108 Å². The molecule has 0 aliphatic carbocycles. The maximum Gasteiger partial charge on any atom is 0.228 e. The molecule has 0 spiro atoms. The molecule has 33 heavy (non-hydrogen) atoms. The monoisotopic (exact) mass is 435 g/mol. The van der Waals surface area contributed by atoms with Gasteiger partial charge in [0, 0.05) is 40.7 Å². The third-order valence-electron chi connectivity index (χ3n) is 5.06. The van der Waals surface area contributed by atoms with Crippen molar-refractivity contribution in [2.75, 3.05) is 16.0 Å². The normalized spacial score (nSPS) is 10.7. The summed E-state index contributed by atoms with van der Waals surface area (Å²) in [6.45, 7) is 0. The maximum absolute atomic E-state index is 12.5. The van der Waals surface area contributed by atoms with E-state index in [1.807, 2.05) is 72.9 Å². The first-order valence-corrected chi connectivity index (χ1v) is 10.4. The van der Waals surface area contributed by atoms with E-state index in [9.17, 15) is 4.79 Å². The molecule has 5 aromatic rings. The Bertz CT molecular complexity index is 1380. The Morgan fingerprint density at radius 3 is 2.36 bits per heavy atom. The molecular weight excluding hydrogens is 414 g/mol. The molecule has 0 aliphatic heterocycles. The summed E-state index contributed by atoms with van der Waals surface area (Å²) in [7, 11) is 0. The van der Waals surface area contributed by atoms with E-state index in [0.29, 0.717) is 23.9 Å². The minimum absolute atomic E-state index is 0.0681. The van der Waals surface area contributed by atoms with Crippen molar-refractivity contribution in [3.05, 3.63) is 97.1 Å². The summed E-state index contributed by atoms with van der Waals surface area (Å²) in [5, 5.41) is 10.4. The highest BCUT2D eigenvalue weighted by Gasteiger charge is 2.09. The number of hydrogen-bond donors (Lipinski definition) is 4. The first-order chi connectivity index (χ1) is 16.2. The molecule has 4 N–H and O–H groups in total. The van der Waals surface area contributed by atoms with Crippen LogP contribution >= 0.6 is 0 Å². The number of benzene rings is 2. The first kappa shape index (κ1) is 20.2. The Kier molecular flexibility index (Phi) is 5.62. The molecule has 0 unspecified atom stereocenters. The molecule has 3 aromatic heterocycles. The predicted octanol–water partition coefficient (Wildman–Crippen LogP) is 5.02. The number of nitrogens with zero attached hydrogens (tertiary/aromatic N) is 3. The standard InChI is InChI=1S/C25H21N7O/c33-25(13-17-15-27-21-6-2-1-5-20(17)21)31-19-10-8-18(9-11-19)30-23-14-24(29-16-28-23)32-22-7-3-4-12-26-22/h1-12,14-16,27H,13H2,(H,31,33)(H2,26,28,29,30,32). The molecule has 0 aliphatic rings. The number of fused-ring (bicyclic) bond motifs is 1. The van der Waals surface area contributed by atoms with Crippen LogP contribution in [0, 0.1) is 0 Å². The van der Waals surface area contributed by atoms with Crippen LogP contribution in [0.4, 0.5) is 28.8 Å². The van der Waals surface area contributed by atoms with Gasteiger partial charge in [-0.05, 0) is 48.0 Å². The molecule has 0 fully saturated rings. The van der Waals surface area contributed by atoms with Crippen molar-refractivity contribution in [1.29, 1.82) is 0 Å². The molecule has 3 heterocycles. The van der Waals surface area contributed by atoms with E-state index >= 15 is 0 Å². The molecule has 162 valence electrons. The molecule has 1 amide bonds. The molecule has 0 radical (unpaired) electrons. The summed E-state index contributed by atoms with van der Waals surface area (Å²) >= 11 is 0. The number of amides is 1. The Morgan fingerprint density at radius 2 is 1.55 bits per heavy atom. The number of rotatable bonds is 7. The summed E-state index contributed by atoms with van der Waals surface area (Å²) in [6, 6.07) is 22.8. The van der Waals surface area contributed by atoms with Crippen LogP contribution in [-0.2, 0) is 11.2 Å². The van der Waals surface area contributed by atoms with Gasteiger partial charge in [0.15, 0.2) is 0 Å². The van der Waals surface area contributed by atoms with Crippen molar-refractivity contribution in [2.45, 2.75) is 6.42 Å². The molecule has 2 aromatic carbocycles. The van der Waals surface area contributed by atoms with Crippen LogP contribution in [0.25, 0.3) is 10.9 Å². The zero-order chi connectivity index (χ0) is 22.5. The van der Waals surface area contributed by atoms with Gasteiger partial charge >= 0.3 is 0 Å². The van der Waals surface area contributed by atoms with Gasteiger partial charge in [0.25, 0.3) is 0 Å². The maximum atomic E-state index is 12.5. The van der Waals surface area contributed by atoms with E-state index in [0.717, 1.165) is 27.8 Å². The van der Waals surface area contributed by atoms with Crippen LogP contribution in [0.3, 0.4) is 0 Å². The Hall–Kier alpha value is -4.72. The third kappa shape index (κ3) is 4.96. The molecule has 0 saturated carbocycles. The smallest absolute Gasteiger partial charge is 0.228 e. The zero-order valence-electron chi connectivity index (χ0n) is 17.6. The molecule has 0 atom stereocenters. The fraction of sp³-hybridized carbons (Fsp3) is 0.0400. The lowest BCUT2D eigenvalue weighted by atomic mass is 10.1. The second kappa shape index (κ2) is 9.19. The van der Waals surface area contributed by atoms with E-state index in [4.69, 9.17) is 0 Å². The van der Waals surface area contributed by atoms with Crippen LogP contribution in [0.2, 0.25) is 0 Å². The van der Waals surface area contributed by atoms with Gasteiger partial charge in [-0.15, -0.1) is 0 Å². The molecule has 8 heteroatoms. The van der Waals surface area contributed by atoms with Crippen molar-refractivity contribution < 1.29 is 4.79 Å². The quantitative estimate of drug-likeness (QED) is 0.286. The van der Waals surface area contributed by atoms with Crippen LogP contribution in [0.15, 0.2) is 91.5 Å². The van der Waals surface area contributed by atoms with Gasteiger partial charge in [0.2, 0.25) is 5.91 Å². The predicted molar refractivity (Wildman–Crippen MR) is 130 cm³/mol. The molecule has 0 saturated heterocycles. The lowest BCUT2D eigenvalue weighted by Gasteiger charge is -2.09. The first-order valence-electron chi connectivity index (χ1n) is 10.4. The van der Waals surface area contributed by atoms with Crippen molar-refractivity contribution in [2.24, 2.45) is 0 Å². The van der Waals surface area contributed by atoms with Gasteiger partial charge in [-0.2, -0.15) is 0 Å². The fourth-order valence-electron chi connectivity index (χ4n) is 3.50. The number of carbonyl (C=O) groups is 1. The van der Waals surface area contributed by atoms with Gasteiger partial charge in [-0.1, -0.05) is 24.3 Å². The van der Waals surface area contributed by atoms with Crippen LogP contribution in [0.5, 0.6) is 0 Å². The zero-order valence-corrected chi connectivity index (χ0v) is 17.6. The highest BCUT2D eigenvalue weighted by atomic mass is 16.1. The molecule has 0 bridgehead atoms. The van der Waals surface area contributed by atoms with Crippen molar-refractivity contribution in [1.82, 2.24) is 19.9 Å². The number of carbonyl (C=O) groups excluding carboxylic acids is 1. The highest BCUT2D eigenvalue weighted by Crippen LogP contribution is 2.21. The Balaban J connectivity index is 1.20. The average Bonchev–Trinajstić information content (AvgIpc) is 3.24.